The van der Waals surface area contributed by atoms with E-state index in [4.69, 9.17) is 0 Å². The van der Waals surface area contributed by atoms with E-state index in [0.29, 0.717) is 18.7 Å². The standard InChI is InChI=1S/C19H23N3O2/c1-2-3-15-4-6-17(7-5-15)19(24)21-13-10-18(23)22-14-16-8-11-20-12-9-16/h4-9,11-12H,2-3,10,13-14H2,1H3,(H,21,24)(H,22,23). The van der Waals surface area contributed by atoms with Crippen molar-refractivity contribution < 1.29 is 9.59 Å². The molecule has 5 nitrogen and oxygen atoms in total. The summed E-state index contributed by atoms with van der Waals surface area (Å²) in [5, 5.41) is 5.59. The summed E-state index contributed by atoms with van der Waals surface area (Å²) in [5.74, 6) is -0.245. The van der Waals surface area contributed by atoms with Gasteiger partial charge in [-0.3, -0.25) is 14.6 Å². The smallest absolute Gasteiger partial charge is 0.251 e. The van der Waals surface area contributed by atoms with E-state index in [1.165, 1.54) is 5.56 Å². The molecule has 0 atom stereocenters. The van der Waals surface area contributed by atoms with Crippen LogP contribution in [0.4, 0.5) is 0 Å². The first-order chi connectivity index (χ1) is 11.7. The lowest BCUT2D eigenvalue weighted by molar-refractivity contribution is -0.121. The largest absolute Gasteiger partial charge is 0.352 e. The van der Waals surface area contributed by atoms with Crippen molar-refractivity contribution in [2.75, 3.05) is 6.54 Å². The second kappa shape index (κ2) is 9.45. The maximum Gasteiger partial charge on any atom is 0.251 e. The number of nitrogens with one attached hydrogen (secondary N) is 2. The van der Waals surface area contributed by atoms with Crippen molar-refractivity contribution >= 4 is 11.8 Å². The number of hydrogen-bond acceptors (Lipinski definition) is 3. The van der Waals surface area contributed by atoms with Crippen molar-refractivity contribution in [1.29, 1.82) is 0 Å². The maximum atomic E-state index is 12.0. The fourth-order valence-electron chi connectivity index (χ4n) is 2.29. The maximum absolute atomic E-state index is 12.0. The third-order valence-electron chi connectivity index (χ3n) is 3.63. The molecule has 2 amide bonds. The van der Waals surface area contributed by atoms with Gasteiger partial charge in [0.2, 0.25) is 5.91 Å². The molecular formula is C19H23N3O2. The number of carbonyl (C=O) groups is 2. The summed E-state index contributed by atoms with van der Waals surface area (Å²) in [7, 11) is 0. The van der Waals surface area contributed by atoms with Crippen LogP contribution >= 0.6 is 0 Å². The highest BCUT2D eigenvalue weighted by molar-refractivity contribution is 5.94. The first-order valence-electron chi connectivity index (χ1n) is 8.21. The van der Waals surface area contributed by atoms with Crippen LogP contribution in [0.5, 0.6) is 0 Å². The van der Waals surface area contributed by atoms with Gasteiger partial charge in [0.05, 0.1) is 0 Å². The van der Waals surface area contributed by atoms with E-state index in [1.54, 1.807) is 12.4 Å². The highest BCUT2D eigenvalue weighted by Crippen LogP contribution is 2.06. The molecule has 1 aromatic heterocycles. The van der Waals surface area contributed by atoms with Gasteiger partial charge in [-0.15, -0.1) is 0 Å². The molecule has 24 heavy (non-hydrogen) atoms. The molecule has 0 aliphatic carbocycles. The van der Waals surface area contributed by atoms with Crippen LogP contribution in [0.25, 0.3) is 0 Å². The number of pyridine rings is 1. The van der Waals surface area contributed by atoms with Crippen molar-refractivity contribution in [3.8, 4) is 0 Å². The second-order valence-corrected chi connectivity index (χ2v) is 5.59. The molecule has 1 heterocycles. The predicted molar refractivity (Wildman–Crippen MR) is 93.5 cm³/mol. The van der Waals surface area contributed by atoms with Crippen molar-refractivity contribution in [3.63, 3.8) is 0 Å². The molecule has 5 heteroatoms. The minimum absolute atomic E-state index is 0.0922. The number of nitrogens with zero attached hydrogens (tertiary/aromatic N) is 1. The zero-order valence-electron chi connectivity index (χ0n) is 13.9. The van der Waals surface area contributed by atoms with Crippen molar-refractivity contribution in [3.05, 3.63) is 65.5 Å². The zero-order chi connectivity index (χ0) is 17.2. The number of benzene rings is 1. The van der Waals surface area contributed by atoms with E-state index in [-0.39, 0.29) is 18.2 Å². The minimum Gasteiger partial charge on any atom is -0.352 e. The summed E-state index contributed by atoms with van der Waals surface area (Å²) in [6.07, 6.45) is 5.73. The summed E-state index contributed by atoms with van der Waals surface area (Å²) in [6, 6.07) is 11.3. The van der Waals surface area contributed by atoms with Crippen LogP contribution in [0.15, 0.2) is 48.8 Å². The number of amides is 2. The van der Waals surface area contributed by atoms with Crippen molar-refractivity contribution in [2.45, 2.75) is 32.7 Å². The lowest BCUT2D eigenvalue weighted by atomic mass is 10.1. The Kier molecular flexibility index (Phi) is 6.95. The molecule has 0 saturated heterocycles. The number of carbonyl (C=O) groups excluding carboxylic acids is 2. The average Bonchev–Trinajstić information content (AvgIpc) is 2.61. The number of aryl methyl sites for hydroxylation is 1. The van der Waals surface area contributed by atoms with Crippen LogP contribution < -0.4 is 10.6 Å². The molecule has 0 radical (unpaired) electrons. The Hall–Kier alpha value is -2.69. The quantitative estimate of drug-likeness (QED) is 0.783. The Labute approximate surface area is 142 Å². The van der Waals surface area contributed by atoms with Crippen LogP contribution in [-0.2, 0) is 17.8 Å². The molecule has 0 fully saturated rings. The number of hydrogen-bond donors (Lipinski definition) is 2. The molecule has 0 aliphatic rings. The zero-order valence-corrected chi connectivity index (χ0v) is 13.9. The number of aromatic nitrogens is 1. The van der Waals surface area contributed by atoms with Gasteiger partial charge in [-0.25, -0.2) is 0 Å². The third-order valence-corrected chi connectivity index (χ3v) is 3.63. The van der Waals surface area contributed by atoms with Gasteiger partial charge in [0.15, 0.2) is 0 Å². The van der Waals surface area contributed by atoms with E-state index < -0.39 is 0 Å². The van der Waals surface area contributed by atoms with Gasteiger partial charge >= 0.3 is 0 Å². The molecule has 2 rings (SSSR count). The second-order valence-electron chi connectivity index (χ2n) is 5.59. The fourth-order valence-corrected chi connectivity index (χ4v) is 2.29. The molecule has 2 aromatic rings. The van der Waals surface area contributed by atoms with E-state index in [9.17, 15) is 9.59 Å². The molecular weight excluding hydrogens is 302 g/mol. The van der Waals surface area contributed by atoms with E-state index in [2.05, 4.69) is 22.5 Å². The SMILES string of the molecule is CCCc1ccc(C(=O)NCCC(=O)NCc2ccncc2)cc1. The highest BCUT2D eigenvalue weighted by atomic mass is 16.2. The van der Waals surface area contributed by atoms with Crippen molar-refractivity contribution in [1.82, 2.24) is 15.6 Å². The van der Waals surface area contributed by atoms with Crippen LogP contribution in [0.1, 0.15) is 41.3 Å². The molecule has 0 saturated carbocycles. The molecule has 0 bridgehead atoms. The normalized spacial score (nSPS) is 10.2. The first kappa shape index (κ1) is 17.7. The summed E-state index contributed by atoms with van der Waals surface area (Å²) in [6.45, 7) is 2.91. The van der Waals surface area contributed by atoms with Crippen LogP contribution in [0.3, 0.4) is 0 Å². The van der Waals surface area contributed by atoms with E-state index in [0.717, 1.165) is 18.4 Å². The lowest BCUT2D eigenvalue weighted by Gasteiger charge is -2.07. The lowest BCUT2D eigenvalue weighted by Crippen LogP contribution is -2.30. The van der Waals surface area contributed by atoms with E-state index >= 15 is 0 Å². The Balaban J connectivity index is 1.69. The van der Waals surface area contributed by atoms with Crippen LogP contribution in [0, 0.1) is 0 Å². The Bertz CT molecular complexity index is 654. The predicted octanol–water partition coefficient (Wildman–Crippen LogP) is 2.47. The third kappa shape index (κ3) is 5.83. The van der Waals surface area contributed by atoms with Gasteiger partial charge in [0.1, 0.15) is 0 Å². The average molecular weight is 325 g/mol. The van der Waals surface area contributed by atoms with Gasteiger partial charge in [-0.05, 0) is 41.8 Å². The van der Waals surface area contributed by atoms with Gasteiger partial charge in [-0.2, -0.15) is 0 Å². The topological polar surface area (TPSA) is 71.1 Å². The Morgan fingerprint density at radius 3 is 2.33 bits per heavy atom. The molecule has 0 aliphatic heterocycles. The highest BCUT2D eigenvalue weighted by Gasteiger charge is 2.06. The first-order valence-corrected chi connectivity index (χ1v) is 8.21. The summed E-state index contributed by atoms with van der Waals surface area (Å²) in [5.41, 5.74) is 2.84. The van der Waals surface area contributed by atoms with Crippen molar-refractivity contribution in [2.24, 2.45) is 0 Å². The number of rotatable bonds is 8. The molecule has 0 spiro atoms. The minimum atomic E-state index is -0.153. The van der Waals surface area contributed by atoms with Gasteiger partial charge in [0, 0.05) is 37.5 Å². The monoisotopic (exact) mass is 325 g/mol. The molecule has 126 valence electrons. The molecule has 0 unspecified atom stereocenters. The summed E-state index contributed by atoms with van der Waals surface area (Å²) in [4.78, 5) is 27.7. The van der Waals surface area contributed by atoms with Gasteiger partial charge in [-0.1, -0.05) is 25.5 Å². The van der Waals surface area contributed by atoms with E-state index in [1.807, 2.05) is 36.4 Å². The summed E-state index contributed by atoms with van der Waals surface area (Å²) >= 11 is 0. The Morgan fingerprint density at radius 2 is 1.67 bits per heavy atom. The van der Waals surface area contributed by atoms with Crippen LogP contribution in [-0.4, -0.2) is 23.3 Å². The Morgan fingerprint density at radius 1 is 0.958 bits per heavy atom. The van der Waals surface area contributed by atoms with Gasteiger partial charge in [0.25, 0.3) is 5.91 Å². The summed E-state index contributed by atoms with van der Waals surface area (Å²) < 4.78 is 0. The molecule has 2 N–H and O–H groups in total. The van der Waals surface area contributed by atoms with Crippen LogP contribution in [0.2, 0.25) is 0 Å². The van der Waals surface area contributed by atoms with Gasteiger partial charge < -0.3 is 10.6 Å². The molecule has 1 aromatic carbocycles. The fraction of sp³-hybridized carbons (Fsp3) is 0.316.